The Balaban J connectivity index is 2.65. The van der Waals surface area contributed by atoms with Gasteiger partial charge in [0.15, 0.2) is 0 Å². The first-order chi connectivity index (χ1) is 5.70. The van der Waals surface area contributed by atoms with Gasteiger partial charge in [-0.05, 0) is 11.5 Å². The molecule has 0 radical (unpaired) electrons. The van der Waals surface area contributed by atoms with Gasteiger partial charge >= 0.3 is 0 Å². The second kappa shape index (κ2) is 4.38. The zero-order valence-corrected chi connectivity index (χ0v) is 7.71. The molecule has 12 heavy (non-hydrogen) atoms. The molecule has 1 aromatic carbocycles. The number of hydrogen-bond donors (Lipinski definition) is 0. The fourth-order valence-electron chi connectivity index (χ4n) is 1.08. The van der Waals surface area contributed by atoms with Crippen LogP contribution in [0.2, 0.25) is 0 Å². The van der Waals surface area contributed by atoms with Crippen molar-refractivity contribution in [3.05, 3.63) is 35.9 Å². The Morgan fingerprint density at radius 3 is 2.50 bits per heavy atom. The van der Waals surface area contributed by atoms with Crippen LogP contribution in [0.3, 0.4) is 0 Å². The van der Waals surface area contributed by atoms with Gasteiger partial charge in [-0.25, -0.2) is 0 Å². The normalized spacial score (nSPS) is 15.5. The highest BCUT2D eigenvalue weighted by atomic mass is 32.2. The number of benzene rings is 1. The first-order valence-electron chi connectivity index (χ1n) is 3.81. The third-order valence-corrected chi connectivity index (χ3v) is 2.53. The minimum atomic E-state index is -1.95. The van der Waals surface area contributed by atoms with E-state index in [1.165, 1.54) is 0 Å². The Morgan fingerprint density at radius 1 is 1.42 bits per heavy atom. The molecule has 0 spiro atoms. The molecule has 0 aliphatic heterocycles. The van der Waals surface area contributed by atoms with Crippen molar-refractivity contribution in [3.63, 3.8) is 0 Å². The Labute approximate surface area is 74.9 Å². The van der Waals surface area contributed by atoms with Crippen LogP contribution in [0, 0.1) is 0 Å². The van der Waals surface area contributed by atoms with Crippen LogP contribution in [0.5, 0.6) is 0 Å². The second-order valence-corrected chi connectivity index (χ2v) is 3.72. The predicted molar refractivity (Wildman–Crippen MR) is 48.6 cm³/mol. The molecule has 3 heteroatoms. The molecule has 1 rings (SSSR count). The molecule has 0 aliphatic carbocycles. The first kappa shape index (κ1) is 9.42. The fraction of sp³-hybridized carbons (Fsp3) is 0.333. The standard InChI is InChI=1S/C9H12O2S/c1-8(7-12(10)11)9-5-3-2-4-6-9/h2-6,8H,7H2,1H3,(H,10,11)/p-1. The summed E-state index contributed by atoms with van der Waals surface area (Å²) in [6.45, 7) is 1.91. The topological polar surface area (TPSA) is 40.1 Å². The lowest BCUT2D eigenvalue weighted by atomic mass is 10.0. The summed E-state index contributed by atoms with van der Waals surface area (Å²) in [6, 6.07) is 9.64. The van der Waals surface area contributed by atoms with Crippen molar-refractivity contribution < 1.29 is 8.76 Å². The second-order valence-electron chi connectivity index (χ2n) is 2.78. The molecular formula is C9H11O2S-. The van der Waals surface area contributed by atoms with Gasteiger partial charge in [0.05, 0.1) is 0 Å². The molecule has 2 atom stereocenters. The molecule has 0 saturated carbocycles. The zero-order chi connectivity index (χ0) is 8.97. The first-order valence-corrected chi connectivity index (χ1v) is 5.05. The van der Waals surface area contributed by atoms with Crippen LogP contribution < -0.4 is 0 Å². The van der Waals surface area contributed by atoms with E-state index in [4.69, 9.17) is 0 Å². The third kappa shape index (κ3) is 2.75. The quantitative estimate of drug-likeness (QED) is 0.669. The predicted octanol–water partition coefficient (Wildman–Crippen LogP) is 1.67. The average Bonchev–Trinajstić information content (AvgIpc) is 2.05. The van der Waals surface area contributed by atoms with E-state index in [9.17, 15) is 8.76 Å². The molecule has 0 saturated heterocycles. The van der Waals surface area contributed by atoms with Gasteiger partial charge in [0, 0.05) is 5.75 Å². The van der Waals surface area contributed by atoms with Crippen LogP contribution in [0.15, 0.2) is 30.3 Å². The summed E-state index contributed by atoms with van der Waals surface area (Å²) >= 11 is -1.95. The smallest absolute Gasteiger partial charge is 0.0168 e. The van der Waals surface area contributed by atoms with Crippen molar-refractivity contribution in [1.82, 2.24) is 0 Å². The highest BCUT2D eigenvalue weighted by Gasteiger charge is 2.03. The van der Waals surface area contributed by atoms with Gasteiger partial charge in [0.25, 0.3) is 0 Å². The summed E-state index contributed by atoms with van der Waals surface area (Å²) < 4.78 is 20.8. The maximum atomic E-state index is 10.4. The Bertz CT molecular complexity index is 258. The van der Waals surface area contributed by atoms with Crippen LogP contribution in [0.25, 0.3) is 0 Å². The lowest BCUT2D eigenvalue weighted by Crippen LogP contribution is -2.05. The zero-order valence-electron chi connectivity index (χ0n) is 6.90. The van der Waals surface area contributed by atoms with Gasteiger partial charge in [-0.1, -0.05) is 48.3 Å². The SMILES string of the molecule is CC(CS(=O)[O-])c1ccccc1. The lowest BCUT2D eigenvalue weighted by molar-refractivity contribution is 0.532. The van der Waals surface area contributed by atoms with Crippen LogP contribution >= 0.6 is 0 Å². The Hall–Kier alpha value is -0.670. The molecule has 2 nitrogen and oxygen atoms in total. The summed E-state index contributed by atoms with van der Waals surface area (Å²) in [6.07, 6.45) is 0. The highest BCUT2D eigenvalue weighted by molar-refractivity contribution is 7.79. The van der Waals surface area contributed by atoms with E-state index in [0.717, 1.165) is 5.56 Å². The molecule has 0 aliphatic rings. The van der Waals surface area contributed by atoms with Gasteiger partial charge in [-0.15, -0.1) is 0 Å². The molecule has 2 unspecified atom stereocenters. The van der Waals surface area contributed by atoms with E-state index in [-0.39, 0.29) is 11.7 Å². The van der Waals surface area contributed by atoms with Gasteiger partial charge in [-0.2, -0.15) is 0 Å². The van der Waals surface area contributed by atoms with Crippen LogP contribution in [0.1, 0.15) is 18.4 Å². The van der Waals surface area contributed by atoms with Gasteiger partial charge in [0.2, 0.25) is 0 Å². The monoisotopic (exact) mass is 183 g/mol. The van der Waals surface area contributed by atoms with E-state index >= 15 is 0 Å². The Morgan fingerprint density at radius 2 is 2.00 bits per heavy atom. The molecule has 0 bridgehead atoms. The van der Waals surface area contributed by atoms with Crippen molar-refractivity contribution in [2.24, 2.45) is 0 Å². The minimum Gasteiger partial charge on any atom is -0.772 e. The van der Waals surface area contributed by atoms with E-state index < -0.39 is 11.1 Å². The average molecular weight is 183 g/mol. The Kier molecular flexibility index (Phi) is 3.44. The van der Waals surface area contributed by atoms with Crippen LogP contribution in [-0.2, 0) is 11.1 Å². The molecule has 66 valence electrons. The fourth-order valence-corrected chi connectivity index (χ4v) is 1.68. The maximum absolute atomic E-state index is 10.4. The van der Waals surface area contributed by atoms with E-state index in [1.54, 1.807) is 0 Å². The van der Waals surface area contributed by atoms with Crippen molar-refractivity contribution in [1.29, 1.82) is 0 Å². The van der Waals surface area contributed by atoms with Crippen molar-refractivity contribution in [2.75, 3.05) is 5.75 Å². The molecular weight excluding hydrogens is 172 g/mol. The molecule has 0 fully saturated rings. The largest absolute Gasteiger partial charge is 0.772 e. The summed E-state index contributed by atoms with van der Waals surface area (Å²) in [7, 11) is 0. The molecule has 0 heterocycles. The highest BCUT2D eigenvalue weighted by Crippen LogP contribution is 2.14. The van der Waals surface area contributed by atoms with Gasteiger partial charge < -0.3 is 4.55 Å². The minimum absolute atomic E-state index is 0.0875. The summed E-state index contributed by atoms with van der Waals surface area (Å²) in [5, 5.41) is 0. The van der Waals surface area contributed by atoms with Crippen molar-refractivity contribution >= 4 is 11.1 Å². The van der Waals surface area contributed by atoms with Gasteiger partial charge in [-0.3, -0.25) is 4.21 Å². The molecule has 0 amide bonds. The van der Waals surface area contributed by atoms with E-state index in [2.05, 4.69) is 0 Å². The summed E-state index contributed by atoms with van der Waals surface area (Å²) in [5.41, 5.74) is 1.07. The number of hydrogen-bond acceptors (Lipinski definition) is 2. The van der Waals surface area contributed by atoms with Crippen LogP contribution in [0.4, 0.5) is 0 Å². The third-order valence-electron chi connectivity index (χ3n) is 1.75. The van der Waals surface area contributed by atoms with Crippen molar-refractivity contribution in [3.8, 4) is 0 Å². The van der Waals surface area contributed by atoms with Crippen LogP contribution in [-0.4, -0.2) is 14.5 Å². The molecule has 0 aromatic heterocycles. The molecule has 1 aromatic rings. The van der Waals surface area contributed by atoms with E-state index in [1.807, 2.05) is 37.3 Å². The maximum Gasteiger partial charge on any atom is 0.0168 e. The summed E-state index contributed by atoms with van der Waals surface area (Å²) in [5.74, 6) is 0.286. The number of rotatable bonds is 3. The lowest BCUT2D eigenvalue weighted by Gasteiger charge is -2.12. The van der Waals surface area contributed by atoms with Crippen molar-refractivity contribution in [2.45, 2.75) is 12.8 Å². The summed E-state index contributed by atoms with van der Waals surface area (Å²) in [4.78, 5) is 0. The van der Waals surface area contributed by atoms with E-state index in [0.29, 0.717) is 0 Å². The van der Waals surface area contributed by atoms with Gasteiger partial charge in [0.1, 0.15) is 0 Å². The molecule has 0 N–H and O–H groups in total.